The first-order valence-electron chi connectivity index (χ1n) is 7.62. The van der Waals surface area contributed by atoms with Crippen molar-refractivity contribution in [2.45, 2.75) is 52.2 Å². The van der Waals surface area contributed by atoms with Gasteiger partial charge < -0.3 is 5.32 Å². The first-order chi connectivity index (χ1) is 10.0. The number of benzene rings is 1. The van der Waals surface area contributed by atoms with E-state index in [4.69, 9.17) is 11.6 Å². The first kappa shape index (κ1) is 14.6. The van der Waals surface area contributed by atoms with Gasteiger partial charge >= 0.3 is 0 Å². The number of hydrogen-bond acceptors (Lipinski definition) is 2. The van der Waals surface area contributed by atoms with Crippen LogP contribution in [-0.4, -0.2) is 15.8 Å². The van der Waals surface area contributed by atoms with Gasteiger partial charge in [-0.05, 0) is 56.9 Å². The molecule has 1 saturated carbocycles. The van der Waals surface area contributed by atoms with Crippen LogP contribution >= 0.6 is 11.6 Å². The lowest BCUT2D eigenvalue weighted by atomic mass is 10.0. The standard InChI is InChI=1S/C17H22ClN3/c1-11(2)21-10-16(12(3)20-21)13-4-7-17(18)14(8-13)9-19-15-5-6-15/h4,7-8,10-11,15,19H,5-6,9H2,1-3H3. The summed E-state index contributed by atoms with van der Waals surface area (Å²) in [4.78, 5) is 0. The van der Waals surface area contributed by atoms with E-state index in [0.29, 0.717) is 12.1 Å². The van der Waals surface area contributed by atoms with Crippen LogP contribution in [0.25, 0.3) is 11.1 Å². The predicted octanol–water partition coefficient (Wildman–Crippen LogP) is 4.34. The van der Waals surface area contributed by atoms with Crippen molar-refractivity contribution >= 4 is 11.6 Å². The van der Waals surface area contributed by atoms with Crippen LogP contribution in [0, 0.1) is 6.92 Å². The minimum absolute atomic E-state index is 0.376. The van der Waals surface area contributed by atoms with Gasteiger partial charge in [-0.3, -0.25) is 4.68 Å². The van der Waals surface area contributed by atoms with Gasteiger partial charge in [-0.15, -0.1) is 0 Å². The van der Waals surface area contributed by atoms with Crippen LogP contribution in [0.5, 0.6) is 0 Å². The van der Waals surface area contributed by atoms with E-state index >= 15 is 0 Å². The van der Waals surface area contributed by atoms with Crippen molar-refractivity contribution in [3.8, 4) is 11.1 Å². The highest BCUT2D eigenvalue weighted by Crippen LogP contribution is 2.29. The minimum atomic E-state index is 0.376. The maximum atomic E-state index is 6.32. The van der Waals surface area contributed by atoms with Gasteiger partial charge in [0.1, 0.15) is 0 Å². The quantitative estimate of drug-likeness (QED) is 0.890. The van der Waals surface area contributed by atoms with Gasteiger partial charge in [0.25, 0.3) is 0 Å². The van der Waals surface area contributed by atoms with Gasteiger partial charge in [0, 0.05) is 35.4 Å². The second-order valence-electron chi connectivity index (χ2n) is 6.16. The molecular formula is C17H22ClN3. The maximum Gasteiger partial charge on any atom is 0.0672 e. The third-order valence-corrected chi connectivity index (χ3v) is 4.33. The van der Waals surface area contributed by atoms with E-state index in [9.17, 15) is 0 Å². The van der Waals surface area contributed by atoms with Crippen molar-refractivity contribution in [1.82, 2.24) is 15.1 Å². The Labute approximate surface area is 131 Å². The summed E-state index contributed by atoms with van der Waals surface area (Å²) in [5.41, 5.74) is 4.61. The summed E-state index contributed by atoms with van der Waals surface area (Å²) < 4.78 is 2.02. The van der Waals surface area contributed by atoms with Gasteiger partial charge in [-0.2, -0.15) is 5.10 Å². The van der Waals surface area contributed by atoms with Crippen LogP contribution in [0.2, 0.25) is 5.02 Å². The molecule has 3 rings (SSSR count). The normalized spacial score (nSPS) is 14.9. The summed E-state index contributed by atoms with van der Waals surface area (Å²) in [6.45, 7) is 7.19. The van der Waals surface area contributed by atoms with E-state index in [0.717, 1.165) is 22.8 Å². The fraction of sp³-hybridized carbons (Fsp3) is 0.471. The average Bonchev–Trinajstić information content (AvgIpc) is 3.19. The van der Waals surface area contributed by atoms with Crippen molar-refractivity contribution in [2.75, 3.05) is 0 Å². The smallest absolute Gasteiger partial charge is 0.0672 e. The molecule has 0 unspecified atom stereocenters. The van der Waals surface area contributed by atoms with E-state index < -0.39 is 0 Å². The molecule has 1 aromatic heterocycles. The van der Waals surface area contributed by atoms with Crippen LogP contribution in [0.4, 0.5) is 0 Å². The largest absolute Gasteiger partial charge is 0.310 e. The van der Waals surface area contributed by atoms with Crippen LogP contribution in [-0.2, 0) is 6.54 Å². The van der Waals surface area contributed by atoms with Gasteiger partial charge in [0.2, 0.25) is 0 Å². The molecule has 0 amide bonds. The van der Waals surface area contributed by atoms with Gasteiger partial charge in [0.05, 0.1) is 5.69 Å². The Balaban J connectivity index is 1.88. The lowest BCUT2D eigenvalue weighted by Crippen LogP contribution is -2.15. The van der Waals surface area contributed by atoms with Crippen molar-refractivity contribution in [2.24, 2.45) is 0 Å². The number of hydrogen-bond donors (Lipinski definition) is 1. The summed E-state index contributed by atoms with van der Waals surface area (Å²) in [6.07, 6.45) is 4.70. The number of aromatic nitrogens is 2. The van der Waals surface area contributed by atoms with Crippen LogP contribution in [0.15, 0.2) is 24.4 Å². The molecule has 1 N–H and O–H groups in total. The molecule has 3 nitrogen and oxygen atoms in total. The zero-order chi connectivity index (χ0) is 15.0. The Kier molecular flexibility index (Phi) is 4.05. The van der Waals surface area contributed by atoms with Crippen LogP contribution in [0.1, 0.15) is 44.0 Å². The number of halogens is 1. The van der Waals surface area contributed by atoms with E-state index in [1.165, 1.54) is 24.0 Å². The molecule has 21 heavy (non-hydrogen) atoms. The Morgan fingerprint density at radius 2 is 2.14 bits per heavy atom. The molecule has 1 heterocycles. The molecule has 1 fully saturated rings. The van der Waals surface area contributed by atoms with Gasteiger partial charge in [0.15, 0.2) is 0 Å². The molecule has 1 aliphatic carbocycles. The molecule has 0 radical (unpaired) electrons. The van der Waals surface area contributed by atoms with E-state index in [1.54, 1.807) is 0 Å². The molecule has 0 aliphatic heterocycles. The van der Waals surface area contributed by atoms with Crippen LogP contribution in [0.3, 0.4) is 0 Å². The van der Waals surface area contributed by atoms with Gasteiger partial charge in [-0.25, -0.2) is 0 Å². The topological polar surface area (TPSA) is 29.9 Å². The third-order valence-electron chi connectivity index (χ3n) is 3.96. The average molecular weight is 304 g/mol. The molecule has 0 bridgehead atoms. The van der Waals surface area contributed by atoms with Gasteiger partial charge in [-0.1, -0.05) is 17.7 Å². The molecule has 0 atom stereocenters. The number of rotatable bonds is 5. The van der Waals surface area contributed by atoms with E-state index in [2.05, 4.69) is 49.5 Å². The summed E-state index contributed by atoms with van der Waals surface area (Å²) in [7, 11) is 0. The highest BCUT2D eigenvalue weighted by molar-refractivity contribution is 6.31. The molecular weight excluding hydrogens is 282 g/mol. The number of nitrogens with one attached hydrogen (secondary N) is 1. The highest BCUT2D eigenvalue weighted by atomic mass is 35.5. The summed E-state index contributed by atoms with van der Waals surface area (Å²) in [5, 5.41) is 8.95. The molecule has 2 aromatic rings. The number of nitrogens with zero attached hydrogens (tertiary/aromatic N) is 2. The molecule has 0 spiro atoms. The number of aryl methyl sites for hydroxylation is 1. The zero-order valence-corrected chi connectivity index (χ0v) is 13.6. The van der Waals surface area contributed by atoms with Crippen molar-refractivity contribution in [1.29, 1.82) is 0 Å². The summed E-state index contributed by atoms with van der Waals surface area (Å²) in [6, 6.07) is 7.33. The van der Waals surface area contributed by atoms with Crippen molar-refractivity contribution in [3.05, 3.63) is 40.7 Å². The molecule has 1 aromatic carbocycles. The Morgan fingerprint density at radius 1 is 1.38 bits per heavy atom. The van der Waals surface area contributed by atoms with E-state index in [1.807, 2.05) is 10.7 Å². The fourth-order valence-corrected chi connectivity index (χ4v) is 2.63. The Morgan fingerprint density at radius 3 is 2.76 bits per heavy atom. The molecule has 0 saturated heterocycles. The second-order valence-corrected chi connectivity index (χ2v) is 6.57. The third kappa shape index (κ3) is 3.30. The van der Waals surface area contributed by atoms with Crippen LogP contribution < -0.4 is 5.32 Å². The van der Waals surface area contributed by atoms with Crippen molar-refractivity contribution < 1.29 is 0 Å². The molecule has 112 valence electrons. The summed E-state index contributed by atoms with van der Waals surface area (Å²) in [5.74, 6) is 0. The second kappa shape index (κ2) is 5.82. The SMILES string of the molecule is Cc1nn(C(C)C)cc1-c1ccc(Cl)c(CNC2CC2)c1. The maximum absolute atomic E-state index is 6.32. The monoisotopic (exact) mass is 303 g/mol. The molecule has 1 aliphatic rings. The summed E-state index contributed by atoms with van der Waals surface area (Å²) >= 11 is 6.32. The minimum Gasteiger partial charge on any atom is -0.310 e. The zero-order valence-electron chi connectivity index (χ0n) is 12.9. The van der Waals surface area contributed by atoms with Crippen molar-refractivity contribution in [3.63, 3.8) is 0 Å². The lowest BCUT2D eigenvalue weighted by molar-refractivity contribution is 0.529. The lowest BCUT2D eigenvalue weighted by Gasteiger charge is -2.08. The Hall–Kier alpha value is -1.32. The van der Waals surface area contributed by atoms with E-state index in [-0.39, 0.29) is 0 Å². The molecule has 4 heteroatoms. The fourth-order valence-electron chi connectivity index (χ4n) is 2.45. The highest BCUT2D eigenvalue weighted by Gasteiger charge is 2.20. The Bertz CT molecular complexity index is 641. The first-order valence-corrected chi connectivity index (χ1v) is 8.00. The predicted molar refractivity (Wildman–Crippen MR) is 87.7 cm³/mol.